The van der Waals surface area contributed by atoms with Crippen molar-refractivity contribution < 1.29 is 0 Å². The van der Waals surface area contributed by atoms with Crippen molar-refractivity contribution in [1.82, 2.24) is 4.57 Å². The molecule has 2 aromatic rings. The fraction of sp³-hybridized carbons (Fsp3) is 0.154. The van der Waals surface area contributed by atoms with Crippen LogP contribution in [0.25, 0.3) is 0 Å². The number of rotatable bonds is 3. The van der Waals surface area contributed by atoms with Crippen LogP contribution < -0.4 is 0 Å². The molecule has 0 fully saturated rings. The summed E-state index contributed by atoms with van der Waals surface area (Å²) in [6.45, 7) is 0.867. The Kier molecular flexibility index (Phi) is 2.85. The monoisotopic (exact) mass is 196 g/mol. The lowest BCUT2D eigenvalue weighted by Crippen LogP contribution is -1.95. The van der Waals surface area contributed by atoms with Gasteiger partial charge in [0.2, 0.25) is 0 Å². The number of nitrogens with zero attached hydrogens (tertiary/aromatic N) is 2. The van der Waals surface area contributed by atoms with Crippen LogP contribution in [0.3, 0.4) is 0 Å². The molecule has 0 bridgehead atoms. The van der Waals surface area contributed by atoms with Gasteiger partial charge in [0, 0.05) is 18.9 Å². The van der Waals surface area contributed by atoms with E-state index in [9.17, 15) is 0 Å². The Labute approximate surface area is 89.4 Å². The van der Waals surface area contributed by atoms with Crippen LogP contribution in [0.4, 0.5) is 0 Å². The Morgan fingerprint density at radius 2 is 1.87 bits per heavy atom. The molecule has 0 amide bonds. The van der Waals surface area contributed by atoms with Gasteiger partial charge in [-0.3, -0.25) is 0 Å². The molecule has 2 rings (SSSR count). The molecule has 0 spiro atoms. The predicted octanol–water partition coefficient (Wildman–Crippen LogP) is 2.60. The second kappa shape index (κ2) is 4.47. The minimum absolute atomic E-state index is 0.488. The lowest BCUT2D eigenvalue weighted by atomic mass is 10.2. The molecule has 0 radical (unpaired) electrons. The van der Waals surface area contributed by atoms with Crippen LogP contribution in [-0.4, -0.2) is 4.57 Å². The van der Waals surface area contributed by atoms with Gasteiger partial charge in [-0.15, -0.1) is 0 Å². The first-order chi connectivity index (χ1) is 7.38. The molecule has 0 saturated carbocycles. The largest absolute Gasteiger partial charge is 0.350 e. The molecule has 0 aliphatic rings. The van der Waals surface area contributed by atoms with Crippen molar-refractivity contribution >= 4 is 0 Å². The molecule has 1 heterocycles. The summed E-state index contributed by atoms with van der Waals surface area (Å²) >= 11 is 0. The van der Waals surface area contributed by atoms with Gasteiger partial charge in [-0.05, 0) is 17.2 Å². The minimum Gasteiger partial charge on any atom is -0.350 e. The lowest BCUT2D eigenvalue weighted by molar-refractivity contribution is 0.803. The number of benzene rings is 1. The highest BCUT2D eigenvalue weighted by Gasteiger charge is 1.96. The smallest absolute Gasteiger partial charge is 0.0670 e. The molecule has 1 aromatic heterocycles. The maximum absolute atomic E-state index is 8.56. The van der Waals surface area contributed by atoms with Gasteiger partial charge in [0.25, 0.3) is 0 Å². The SMILES string of the molecule is N#CCc1ccn(Cc2ccccc2)c1. The van der Waals surface area contributed by atoms with E-state index in [1.807, 2.05) is 36.7 Å². The first-order valence-corrected chi connectivity index (χ1v) is 4.94. The minimum atomic E-state index is 0.488. The third-order valence-corrected chi connectivity index (χ3v) is 2.30. The molecule has 0 aliphatic carbocycles. The van der Waals surface area contributed by atoms with Gasteiger partial charge in [0.1, 0.15) is 0 Å². The first-order valence-electron chi connectivity index (χ1n) is 4.94. The zero-order valence-corrected chi connectivity index (χ0v) is 8.43. The number of hydrogen-bond acceptors (Lipinski definition) is 1. The van der Waals surface area contributed by atoms with Crippen LogP contribution in [-0.2, 0) is 13.0 Å². The zero-order valence-electron chi connectivity index (χ0n) is 8.43. The van der Waals surface area contributed by atoms with Gasteiger partial charge in [-0.25, -0.2) is 0 Å². The van der Waals surface area contributed by atoms with Crippen LogP contribution in [0.2, 0.25) is 0 Å². The summed E-state index contributed by atoms with van der Waals surface area (Å²) < 4.78 is 2.10. The molecule has 0 aliphatic heterocycles. The lowest BCUT2D eigenvalue weighted by Gasteiger charge is -2.01. The zero-order chi connectivity index (χ0) is 10.5. The van der Waals surface area contributed by atoms with E-state index in [1.54, 1.807) is 0 Å². The van der Waals surface area contributed by atoms with E-state index in [1.165, 1.54) is 5.56 Å². The molecule has 0 saturated heterocycles. The van der Waals surface area contributed by atoms with Crippen molar-refractivity contribution in [3.63, 3.8) is 0 Å². The van der Waals surface area contributed by atoms with Crippen molar-refractivity contribution in [3.8, 4) is 6.07 Å². The molecule has 2 heteroatoms. The van der Waals surface area contributed by atoms with Crippen LogP contribution in [0.5, 0.6) is 0 Å². The van der Waals surface area contributed by atoms with E-state index >= 15 is 0 Å². The van der Waals surface area contributed by atoms with Crippen molar-refractivity contribution in [2.75, 3.05) is 0 Å². The van der Waals surface area contributed by atoms with Crippen LogP contribution in [0.1, 0.15) is 11.1 Å². The predicted molar refractivity (Wildman–Crippen MR) is 59.3 cm³/mol. The Hall–Kier alpha value is -2.01. The molecule has 0 N–H and O–H groups in total. The standard InChI is InChI=1S/C13H12N2/c14-8-6-13-7-9-15(11-13)10-12-4-2-1-3-5-12/h1-5,7,9,11H,6,10H2. The highest BCUT2D eigenvalue weighted by atomic mass is 14.9. The van der Waals surface area contributed by atoms with Gasteiger partial charge in [-0.2, -0.15) is 5.26 Å². The summed E-state index contributed by atoms with van der Waals surface area (Å²) in [7, 11) is 0. The average molecular weight is 196 g/mol. The van der Waals surface area contributed by atoms with Crippen molar-refractivity contribution in [2.24, 2.45) is 0 Å². The van der Waals surface area contributed by atoms with Crippen LogP contribution >= 0.6 is 0 Å². The molecule has 0 atom stereocenters. The van der Waals surface area contributed by atoms with Crippen molar-refractivity contribution in [2.45, 2.75) is 13.0 Å². The molecular weight excluding hydrogens is 184 g/mol. The summed E-state index contributed by atoms with van der Waals surface area (Å²) in [4.78, 5) is 0. The van der Waals surface area contributed by atoms with E-state index in [-0.39, 0.29) is 0 Å². The first kappa shape index (κ1) is 9.54. The van der Waals surface area contributed by atoms with Gasteiger partial charge in [-0.1, -0.05) is 30.3 Å². The Morgan fingerprint density at radius 1 is 1.07 bits per heavy atom. The number of nitriles is 1. The fourth-order valence-electron chi connectivity index (χ4n) is 1.58. The topological polar surface area (TPSA) is 28.7 Å². The number of aromatic nitrogens is 1. The summed E-state index contributed by atoms with van der Waals surface area (Å²) in [5.41, 5.74) is 2.35. The van der Waals surface area contributed by atoms with Gasteiger partial charge >= 0.3 is 0 Å². The molecule has 1 aromatic carbocycles. The van der Waals surface area contributed by atoms with Crippen molar-refractivity contribution in [3.05, 3.63) is 59.9 Å². The summed E-state index contributed by atoms with van der Waals surface area (Å²) in [6.07, 6.45) is 4.53. The van der Waals surface area contributed by atoms with E-state index in [0.717, 1.165) is 12.1 Å². The second-order valence-electron chi connectivity index (χ2n) is 3.51. The third-order valence-electron chi connectivity index (χ3n) is 2.30. The molecule has 15 heavy (non-hydrogen) atoms. The van der Waals surface area contributed by atoms with E-state index in [4.69, 9.17) is 5.26 Å². The number of hydrogen-bond donors (Lipinski definition) is 0. The second-order valence-corrected chi connectivity index (χ2v) is 3.51. The summed E-state index contributed by atoms with van der Waals surface area (Å²) in [5.74, 6) is 0. The van der Waals surface area contributed by atoms with Gasteiger partial charge < -0.3 is 4.57 Å². The van der Waals surface area contributed by atoms with E-state index in [2.05, 4.69) is 22.8 Å². The third kappa shape index (κ3) is 2.47. The van der Waals surface area contributed by atoms with Gasteiger partial charge in [0.05, 0.1) is 12.5 Å². The summed E-state index contributed by atoms with van der Waals surface area (Å²) in [6, 6.07) is 14.4. The molecule has 74 valence electrons. The Bertz CT molecular complexity index is 463. The van der Waals surface area contributed by atoms with E-state index < -0.39 is 0 Å². The average Bonchev–Trinajstić information content (AvgIpc) is 2.68. The summed E-state index contributed by atoms with van der Waals surface area (Å²) in [5, 5.41) is 8.56. The fourth-order valence-corrected chi connectivity index (χ4v) is 1.58. The van der Waals surface area contributed by atoms with Crippen molar-refractivity contribution in [1.29, 1.82) is 5.26 Å². The maximum Gasteiger partial charge on any atom is 0.0670 e. The Balaban J connectivity index is 2.09. The Morgan fingerprint density at radius 3 is 2.60 bits per heavy atom. The molecule has 2 nitrogen and oxygen atoms in total. The molecule has 0 unspecified atom stereocenters. The normalized spacial score (nSPS) is 9.80. The van der Waals surface area contributed by atoms with Crippen LogP contribution in [0.15, 0.2) is 48.8 Å². The van der Waals surface area contributed by atoms with Gasteiger partial charge in [0.15, 0.2) is 0 Å². The van der Waals surface area contributed by atoms with E-state index in [0.29, 0.717) is 6.42 Å². The highest BCUT2D eigenvalue weighted by molar-refractivity contribution is 5.18. The van der Waals surface area contributed by atoms with Crippen LogP contribution in [0, 0.1) is 11.3 Å². The maximum atomic E-state index is 8.56. The quantitative estimate of drug-likeness (QED) is 0.741. The highest BCUT2D eigenvalue weighted by Crippen LogP contribution is 2.06. The molecular formula is C13H12N2.